The smallest absolute Gasteiger partial charge is 0.218 e. The first-order valence-corrected chi connectivity index (χ1v) is 5.34. The maximum absolute atomic E-state index is 12.0. The van der Waals surface area contributed by atoms with Gasteiger partial charge in [-0.05, 0) is 18.3 Å². The zero-order valence-corrected chi connectivity index (χ0v) is 7.76. The molecule has 4 aliphatic rings. The number of ketones is 1. The van der Waals surface area contributed by atoms with Gasteiger partial charge in [-0.1, -0.05) is 12.2 Å². The molecule has 4 bridgehead atoms. The normalized spacial score (nSPS) is 58.1. The molecule has 6 atom stereocenters. The summed E-state index contributed by atoms with van der Waals surface area (Å²) in [5, 5.41) is 0. The molecular formula is C11H12O3. The van der Waals surface area contributed by atoms with Gasteiger partial charge in [0.1, 0.15) is 0 Å². The Morgan fingerprint density at radius 1 is 1.29 bits per heavy atom. The highest BCUT2D eigenvalue weighted by molar-refractivity contribution is 5.87. The fourth-order valence-corrected chi connectivity index (χ4v) is 3.70. The molecular weight excluding hydrogens is 180 g/mol. The summed E-state index contributed by atoms with van der Waals surface area (Å²) in [7, 11) is 0. The van der Waals surface area contributed by atoms with Crippen LogP contribution in [0.25, 0.3) is 0 Å². The predicted molar refractivity (Wildman–Crippen MR) is 47.3 cm³/mol. The Bertz CT molecular complexity index is 335. The molecule has 2 aliphatic carbocycles. The molecule has 0 radical (unpaired) electrons. The van der Waals surface area contributed by atoms with Gasteiger partial charge in [0, 0.05) is 11.8 Å². The Kier molecular flexibility index (Phi) is 1.24. The molecule has 1 saturated carbocycles. The Labute approximate surface area is 82.1 Å². The maximum Gasteiger partial charge on any atom is 0.218 e. The van der Waals surface area contributed by atoms with E-state index in [2.05, 4.69) is 12.2 Å². The second-order valence-electron chi connectivity index (χ2n) is 4.79. The minimum absolute atomic E-state index is 0.183. The SMILES string of the molecule is O=C1[C@H]2OC[C@@H](O2)[C@@H]2[C@@H]1[C@H]1C=C[C@H]2C1. The zero-order chi connectivity index (χ0) is 9.28. The summed E-state index contributed by atoms with van der Waals surface area (Å²) in [5.41, 5.74) is 0. The van der Waals surface area contributed by atoms with Gasteiger partial charge in [-0.15, -0.1) is 0 Å². The van der Waals surface area contributed by atoms with Crippen molar-refractivity contribution in [2.45, 2.75) is 18.8 Å². The minimum Gasteiger partial charge on any atom is -0.343 e. The van der Waals surface area contributed by atoms with E-state index < -0.39 is 6.29 Å². The van der Waals surface area contributed by atoms with Crippen molar-refractivity contribution >= 4 is 5.78 Å². The monoisotopic (exact) mass is 192 g/mol. The molecule has 2 saturated heterocycles. The van der Waals surface area contributed by atoms with Gasteiger partial charge in [0.25, 0.3) is 0 Å². The van der Waals surface area contributed by atoms with E-state index in [1.807, 2.05) is 0 Å². The van der Waals surface area contributed by atoms with E-state index in [9.17, 15) is 4.79 Å². The van der Waals surface area contributed by atoms with Crippen LogP contribution in [0.2, 0.25) is 0 Å². The number of ether oxygens (including phenoxy) is 2. The molecule has 2 heterocycles. The van der Waals surface area contributed by atoms with Gasteiger partial charge in [-0.25, -0.2) is 0 Å². The van der Waals surface area contributed by atoms with Crippen LogP contribution in [0.4, 0.5) is 0 Å². The quantitative estimate of drug-likeness (QED) is 0.531. The molecule has 0 unspecified atom stereocenters. The van der Waals surface area contributed by atoms with Crippen LogP contribution in [0.5, 0.6) is 0 Å². The number of carbonyl (C=O) groups is 1. The highest BCUT2D eigenvalue weighted by Gasteiger charge is 2.59. The number of carbonyl (C=O) groups excluding carboxylic acids is 1. The molecule has 2 aliphatic heterocycles. The zero-order valence-electron chi connectivity index (χ0n) is 7.76. The summed E-state index contributed by atoms with van der Waals surface area (Å²) in [6.45, 7) is 0.620. The van der Waals surface area contributed by atoms with E-state index in [0.29, 0.717) is 24.4 Å². The molecule has 14 heavy (non-hydrogen) atoms. The molecule has 0 aromatic rings. The van der Waals surface area contributed by atoms with E-state index >= 15 is 0 Å². The number of fused-ring (bicyclic) bond motifs is 8. The largest absolute Gasteiger partial charge is 0.343 e. The fourth-order valence-electron chi connectivity index (χ4n) is 3.70. The fraction of sp³-hybridized carbons (Fsp3) is 0.727. The number of hydrogen-bond donors (Lipinski definition) is 0. The summed E-state index contributed by atoms with van der Waals surface area (Å²) in [6, 6.07) is 0. The van der Waals surface area contributed by atoms with Crippen molar-refractivity contribution < 1.29 is 14.3 Å². The highest BCUT2D eigenvalue weighted by atomic mass is 16.7. The molecule has 4 rings (SSSR count). The minimum atomic E-state index is -0.533. The third-order valence-electron chi connectivity index (χ3n) is 4.22. The standard InChI is InChI=1S/C11H12O3/c12-10-9-6-2-1-5(3-6)8(9)7-4-13-11(10)14-7/h1-2,5-9,11H,3-4H2/t5-,6-,7+,8+,9-,11-/m0/s1. The van der Waals surface area contributed by atoms with Crippen molar-refractivity contribution in [1.29, 1.82) is 0 Å². The number of Topliss-reactive ketones (excluding diaryl/α,β-unsaturated/α-hetero) is 1. The van der Waals surface area contributed by atoms with Gasteiger partial charge in [-0.3, -0.25) is 4.79 Å². The van der Waals surface area contributed by atoms with E-state index in [0.717, 1.165) is 6.42 Å². The molecule has 0 amide bonds. The van der Waals surface area contributed by atoms with Crippen LogP contribution in [-0.4, -0.2) is 24.8 Å². The summed E-state index contributed by atoms with van der Waals surface area (Å²) in [4.78, 5) is 12.0. The predicted octanol–water partition coefficient (Wildman–Crippen LogP) is 0.749. The molecule has 3 nitrogen and oxygen atoms in total. The lowest BCUT2D eigenvalue weighted by Crippen LogP contribution is -2.45. The van der Waals surface area contributed by atoms with E-state index in [1.54, 1.807) is 0 Å². The van der Waals surface area contributed by atoms with E-state index in [4.69, 9.17) is 9.47 Å². The third kappa shape index (κ3) is 0.708. The second-order valence-corrected chi connectivity index (χ2v) is 4.79. The van der Waals surface area contributed by atoms with Crippen molar-refractivity contribution in [3.05, 3.63) is 12.2 Å². The van der Waals surface area contributed by atoms with Crippen LogP contribution in [0, 0.1) is 23.7 Å². The highest BCUT2D eigenvalue weighted by Crippen LogP contribution is 2.54. The van der Waals surface area contributed by atoms with Crippen molar-refractivity contribution in [1.82, 2.24) is 0 Å². The second kappa shape index (κ2) is 2.28. The summed E-state index contributed by atoms with van der Waals surface area (Å²) in [5.74, 6) is 1.86. The number of allylic oxidation sites excluding steroid dienone is 2. The average Bonchev–Trinajstić information content (AvgIpc) is 2.89. The molecule has 0 aromatic carbocycles. The van der Waals surface area contributed by atoms with E-state index in [1.165, 1.54) is 0 Å². The molecule has 74 valence electrons. The van der Waals surface area contributed by atoms with Crippen molar-refractivity contribution in [3.8, 4) is 0 Å². The first-order valence-electron chi connectivity index (χ1n) is 5.34. The Morgan fingerprint density at radius 2 is 2.14 bits per heavy atom. The lowest BCUT2D eigenvalue weighted by Gasteiger charge is -2.34. The lowest BCUT2D eigenvalue weighted by molar-refractivity contribution is -0.166. The van der Waals surface area contributed by atoms with Gasteiger partial charge in [-0.2, -0.15) is 0 Å². The summed E-state index contributed by atoms with van der Waals surface area (Å²) < 4.78 is 10.9. The van der Waals surface area contributed by atoms with Crippen LogP contribution in [0.15, 0.2) is 12.2 Å². The molecule has 0 spiro atoms. The van der Waals surface area contributed by atoms with Crippen LogP contribution >= 0.6 is 0 Å². The van der Waals surface area contributed by atoms with E-state index in [-0.39, 0.29) is 17.8 Å². The average molecular weight is 192 g/mol. The summed E-state index contributed by atoms with van der Waals surface area (Å²) >= 11 is 0. The number of hydrogen-bond acceptors (Lipinski definition) is 3. The lowest BCUT2D eigenvalue weighted by atomic mass is 9.76. The Balaban J connectivity index is 1.81. The summed E-state index contributed by atoms with van der Waals surface area (Å²) in [6.07, 6.45) is 5.29. The van der Waals surface area contributed by atoms with Gasteiger partial charge in [0.2, 0.25) is 6.29 Å². The Hall–Kier alpha value is -0.670. The molecule has 3 fully saturated rings. The van der Waals surface area contributed by atoms with Crippen molar-refractivity contribution in [3.63, 3.8) is 0 Å². The third-order valence-corrected chi connectivity index (χ3v) is 4.22. The van der Waals surface area contributed by atoms with Crippen LogP contribution in [0.3, 0.4) is 0 Å². The number of rotatable bonds is 0. The van der Waals surface area contributed by atoms with Gasteiger partial charge >= 0.3 is 0 Å². The first-order chi connectivity index (χ1) is 6.84. The molecule has 3 heteroatoms. The van der Waals surface area contributed by atoms with Crippen molar-refractivity contribution in [2.24, 2.45) is 23.7 Å². The molecule has 0 N–H and O–H groups in total. The maximum atomic E-state index is 12.0. The topological polar surface area (TPSA) is 35.5 Å². The van der Waals surface area contributed by atoms with Crippen LogP contribution < -0.4 is 0 Å². The Morgan fingerprint density at radius 3 is 3.07 bits per heavy atom. The van der Waals surface area contributed by atoms with Crippen molar-refractivity contribution in [2.75, 3.05) is 6.61 Å². The van der Waals surface area contributed by atoms with Gasteiger partial charge in [0.05, 0.1) is 12.7 Å². The molecule has 0 aromatic heterocycles. The van der Waals surface area contributed by atoms with Gasteiger partial charge < -0.3 is 9.47 Å². The van der Waals surface area contributed by atoms with Crippen LogP contribution in [0.1, 0.15) is 6.42 Å². The first kappa shape index (κ1) is 7.60. The van der Waals surface area contributed by atoms with Gasteiger partial charge in [0.15, 0.2) is 5.78 Å². The van der Waals surface area contributed by atoms with Crippen LogP contribution in [-0.2, 0) is 14.3 Å².